The van der Waals surface area contributed by atoms with Crippen LogP contribution in [0.3, 0.4) is 0 Å². The molecule has 126 valence electrons. The number of rotatable bonds is 3. The van der Waals surface area contributed by atoms with Crippen molar-refractivity contribution < 1.29 is 15.0 Å². The van der Waals surface area contributed by atoms with E-state index >= 15 is 0 Å². The Balaban J connectivity index is 1.87. The lowest BCUT2D eigenvalue weighted by Crippen LogP contribution is -2.17. The Morgan fingerprint density at radius 1 is 1.00 bits per heavy atom. The van der Waals surface area contributed by atoms with Gasteiger partial charge in [-0.25, -0.2) is 4.98 Å². The standard InChI is InChI=1S/C20H18N2O3/c23-12-13-9-19(17-11-15(24)4-6-20(17)25)21-18-5-3-14(10-16(13)18)22-7-1-2-8-22/h3-6,9-12,24-25H,1-2,7-8H2. The number of benzene rings is 2. The number of hydrogen-bond acceptors (Lipinski definition) is 5. The minimum atomic E-state index is 0.00943. The molecule has 0 spiro atoms. The number of fused-ring (bicyclic) bond motifs is 1. The number of aldehydes is 1. The molecule has 5 heteroatoms. The molecule has 1 aliphatic heterocycles. The summed E-state index contributed by atoms with van der Waals surface area (Å²) >= 11 is 0. The molecule has 0 atom stereocenters. The summed E-state index contributed by atoms with van der Waals surface area (Å²) in [6.45, 7) is 2.06. The SMILES string of the molecule is O=Cc1cc(-c2cc(O)ccc2O)nc2ccc(N3CCCC3)cc12. The van der Waals surface area contributed by atoms with Gasteiger partial charge in [-0.15, -0.1) is 0 Å². The Bertz CT molecular complexity index is 963. The number of aromatic hydroxyl groups is 2. The quantitative estimate of drug-likeness (QED) is 0.564. The summed E-state index contributed by atoms with van der Waals surface area (Å²) in [5, 5.41) is 20.5. The monoisotopic (exact) mass is 334 g/mol. The first-order valence-corrected chi connectivity index (χ1v) is 8.33. The van der Waals surface area contributed by atoms with Crippen molar-refractivity contribution in [3.63, 3.8) is 0 Å². The summed E-state index contributed by atoms with van der Waals surface area (Å²) in [5.41, 5.74) is 3.16. The van der Waals surface area contributed by atoms with Crippen LogP contribution in [0.15, 0.2) is 42.5 Å². The van der Waals surface area contributed by atoms with Crippen LogP contribution in [0.1, 0.15) is 23.2 Å². The van der Waals surface area contributed by atoms with E-state index in [2.05, 4.69) is 9.88 Å². The number of phenolic OH excluding ortho intramolecular Hbond substituents is 2. The van der Waals surface area contributed by atoms with Crippen molar-refractivity contribution in [1.82, 2.24) is 4.98 Å². The van der Waals surface area contributed by atoms with Crippen LogP contribution in [-0.4, -0.2) is 34.6 Å². The van der Waals surface area contributed by atoms with E-state index in [0.717, 1.165) is 30.4 Å². The molecule has 3 aromatic rings. The summed E-state index contributed by atoms with van der Waals surface area (Å²) in [7, 11) is 0. The lowest BCUT2D eigenvalue weighted by molar-refractivity contribution is 0.112. The third-order valence-corrected chi connectivity index (χ3v) is 4.68. The maximum atomic E-state index is 11.6. The minimum Gasteiger partial charge on any atom is -0.508 e. The summed E-state index contributed by atoms with van der Waals surface area (Å²) < 4.78 is 0. The smallest absolute Gasteiger partial charge is 0.150 e. The van der Waals surface area contributed by atoms with Crippen LogP contribution < -0.4 is 4.90 Å². The van der Waals surface area contributed by atoms with E-state index in [1.54, 1.807) is 6.07 Å². The first-order chi connectivity index (χ1) is 12.2. The van der Waals surface area contributed by atoms with Crippen molar-refractivity contribution in [3.8, 4) is 22.8 Å². The Labute approximate surface area is 145 Å². The molecule has 2 heterocycles. The first-order valence-electron chi connectivity index (χ1n) is 8.33. The second-order valence-corrected chi connectivity index (χ2v) is 6.31. The Kier molecular flexibility index (Phi) is 3.76. The van der Waals surface area contributed by atoms with E-state index in [-0.39, 0.29) is 11.5 Å². The van der Waals surface area contributed by atoms with E-state index in [0.29, 0.717) is 22.3 Å². The number of aromatic nitrogens is 1. The van der Waals surface area contributed by atoms with Gasteiger partial charge < -0.3 is 15.1 Å². The van der Waals surface area contributed by atoms with Gasteiger partial charge in [0.1, 0.15) is 11.5 Å². The van der Waals surface area contributed by atoms with Gasteiger partial charge in [-0.3, -0.25) is 4.79 Å². The molecule has 1 aromatic heterocycles. The highest BCUT2D eigenvalue weighted by Gasteiger charge is 2.15. The Hall–Kier alpha value is -3.08. The molecule has 0 aliphatic carbocycles. The summed E-state index contributed by atoms with van der Waals surface area (Å²) in [4.78, 5) is 18.5. The van der Waals surface area contributed by atoms with Crippen molar-refractivity contribution in [2.75, 3.05) is 18.0 Å². The molecule has 2 N–H and O–H groups in total. The highest BCUT2D eigenvalue weighted by molar-refractivity contribution is 5.99. The van der Waals surface area contributed by atoms with Gasteiger partial charge in [0.15, 0.2) is 6.29 Å². The molecular weight excluding hydrogens is 316 g/mol. The van der Waals surface area contributed by atoms with E-state index in [1.807, 2.05) is 18.2 Å². The third-order valence-electron chi connectivity index (χ3n) is 4.68. The molecule has 2 aromatic carbocycles. The van der Waals surface area contributed by atoms with E-state index < -0.39 is 0 Å². The van der Waals surface area contributed by atoms with E-state index in [9.17, 15) is 15.0 Å². The summed E-state index contributed by atoms with van der Waals surface area (Å²) in [5.74, 6) is 0.0434. The summed E-state index contributed by atoms with van der Waals surface area (Å²) in [6.07, 6.45) is 3.18. The van der Waals surface area contributed by atoms with Gasteiger partial charge in [-0.2, -0.15) is 0 Å². The van der Waals surface area contributed by atoms with E-state index in [1.165, 1.54) is 31.0 Å². The van der Waals surface area contributed by atoms with Crippen molar-refractivity contribution in [3.05, 3.63) is 48.0 Å². The molecule has 4 rings (SSSR count). The maximum absolute atomic E-state index is 11.6. The van der Waals surface area contributed by atoms with Crippen molar-refractivity contribution in [2.45, 2.75) is 12.8 Å². The molecule has 5 nitrogen and oxygen atoms in total. The van der Waals surface area contributed by atoms with Gasteiger partial charge in [0, 0.05) is 35.3 Å². The zero-order valence-electron chi connectivity index (χ0n) is 13.6. The Morgan fingerprint density at radius 3 is 2.56 bits per heavy atom. The zero-order valence-corrected chi connectivity index (χ0v) is 13.6. The van der Waals surface area contributed by atoms with Crippen LogP contribution >= 0.6 is 0 Å². The predicted octanol–water partition coefficient (Wildman–Crippen LogP) is 3.73. The fourth-order valence-electron chi connectivity index (χ4n) is 3.38. The highest BCUT2D eigenvalue weighted by atomic mass is 16.3. The fraction of sp³-hybridized carbons (Fsp3) is 0.200. The number of anilines is 1. The number of nitrogens with zero attached hydrogens (tertiary/aromatic N) is 2. The molecule has 1 fully saturated rings. The molecule has 0 radical (unpaired) electrons. The van der Waals surface area contributed by atoms with Crippen LogP contribution in [0, 0.1) is 0 Å². The normalized spacial score (nSPS) is 14.2. The van der Waals surface area contributed by atoms with Crippen LogP contribution in [0.2, 0.25) is 0 Å². The van der Waals surface area contributed by atoms with E-state index in [4.69, 9.17) is 0 Å². The lowest BCUT2D eigenvalue weighted by Gasteiger charge is -2.18. The van der Waals surface area contributed by atoms with Crippen molar-refractivity contribution >= 4 is 22.9 Å². The average molecular weight is 334 g/mol. The molecule has 25 heavy (non-hydrogen) atoms. The van der Waals surface area contributed by atoms with Crippen LogP contribution in [0.25, 0.3) is 22.2 Å². The van der Waals surface area contributed by atoms with Gasteiger partial charge in [0.05, 0.1) is 11.2 Å². The van der Waals surface area contributed by atoms with Crippen LogP contribution in [-0.2, 0) is 0 Å². The van der Waals surface area contributed by atoms with Gasteiger partial charge in [0.2, 0.25) is 0 Å². The largest absolute Gasteiger partial charge is 0.508 e. The number of phenols is 2. The zero-order chi connectivity index (χ0) is 17.4. The fourth-order valence-corrected chi connectivity index (χ4v) is 3.38. The molecule has 0 amide bonds. The van der Waals surface area contributed by atoms with Crippen LogP contribution in [0.4, 0.5) is 5.69 Å². The molecule has 1 saturated heterocycles. The van der Waals surface area contributed by atoms with Gasteiger partial charge in [0.25, 0.3) is 0 Å². The highest BCUT2D eigenvalue weighted by Crippen LogP contribution is 2.34. The first kappa shape index (κ1) is 15.4. The maximum Gasteiger partial charge on any atom is 0.150 e. The lowest BCUT2D eigenvalue weighted by atomic mass is 10.0. The topological polar surface area (TPSA) is 73.7 Å². The van der Waals surface area contributed by atoms with Gasteiger partial charge in [-0.05, 0) is 55.3 Å². The van der Waals surface area contributed by atoms with Crippen molar-refractivity contribution in [1.29, 1.82) is 0 Å². The minimum absolute atomic E-state index is 0.00943. The average Bonchev–Trinajstić information content (AvgIpc) is 3.17. The number of pyridine rings is 1. The van der Waals surface area contributed by atoms with Crippen molar-refractivity contribution in [2.24, 2.45) is 0 Å². The van der Waals surface area contributed by atoms with Crippen LogP contribution in [0.5, 0.6) is 11.5 Å². The molecule has 0 bridgehead atoms. The molecule has 0 saturated carbocycles. The summed E-state index contributed by atoms with van der Waals surface area (Å²) in [6, 6.07) is 11.8. The third kappa shape index (κ3) is 2.78. The molecule has 0 unspecified atom stereocenters. The molecular formula is C20H18N2O3. The van der Waals surface area contributed by atoms with Gasteiger partial charge in [-0.1, -0.05) is 0 Å². The molecule has 1 aliphatic rings. The number of hydrogen-bond donors (Lipinski definition) is 2. The number of carbonyl (C=O) groups excluding carboxylic acids is 1. The van der Waals surface area contributed by atoms with Gasteiger partial charge >= 0.3 is 0 Å². The second kappa shape index (κ2) is 6.09. The Morgan fingerprint density at radius 2 is 1.80 bits per heavy atom. The predicted molar refractivity (Wildman–Crippen MR) is 97.3 cm³/mol. The second-order valence-electron chi connectivity index (χ2n) is 6.31. The number of carbonyl (C=O) groups is 1.